The Morgan fingerprint density at radius 3 is 2.32 bits per heavy atom. The highest BCUT2D eigenvalue weighted by atomic mass is 32.2. The lowest BCUT2D eigenvalue weighted by Crippen LogP contribution is -2.51. The fourth-order valence-corrected chi connectivity index (χ4v) is 4.35. The summed E-state index contributed by atoms with van der Waals surface area (Å²) in [5.74, 6) is -1.04. The molecule has 1 unspecified atom stereocenters. The molecule has 1 atom stereocenters. The van der Waals surface area contributed by atoms with Gasteiger partial charge < -0.3 is 9.64 Å². The van der Waals surface area contributed by atoms with Crippen molar-refractivity contribution in [3.63, 3.8) is 0 Å². The largest absolute Gasteiger partial charge is 0.449 e. The quantitative estimate of drug-likeness (QED) is 0.676. The maximum atomic E-state index is 12.7. The maximum absolute atomic E-state index is 12.7. The molecule has 1 amide bonds. The molecule has 1 aliphatic rings. The van der Waals surface area contributed by atoms with E-state index in [0.717, 1.165) is 19.6 Å². The zero-order chi connectivity index (χ0) is 22.6. The summed E-state index contributed by atoms with van der Waals surface area (Å²) >= 11 is 0. The molecular formula is C22H27N3O5S. The number of rotatable bonds is 6. The molecule has 31 heavy (non-hydrogen) atoms. The molecule has 1 heterocycles. The second kappa shape index (κ2) is 9.59. The number of nitrogens with zero attached hydrogens (tertiary/aromatic N) is 2. The molecule has 0 spiro atoms. The van der Waals surface area contributed by atoms with Crippen LogP contribution in [0.25, 0.3) is 0 Å². The standard InChI is InChI=1S/C22H27N3O5S/c1-16-8-9-19(14-20(16)31(23,28)29)22(27)30-17(2)21(26)25-12-10-24(11-13-25)15-18-6-4-3-5-7-18/h3-9,14,17H,10-13,15H2,1-2H3,(H2,23,28,29). The van der Waals surface area contributed by atoms with Crippen LogP contribution in [-0.4, -0.2) is 62.4 Å². The van der Waals surface area contributed by atoms with Crippen molar-refractivity contribution in [2.75, 3.05) is 26.2 Å². The Morgan fingerprint density at radius 2 is 1.71 bits per heavy atom. The minimum Gasteiger partial charge on any atom is -0.449 e. The first-order valence-corrected chi connectivity index (χ1v) is 11.6. The summed E-state index contributed by atoms with van der Waals surface area (Å²) in [6.45, 7) is 6.49. The smallest absolute Gasteiger partial charge is 0.338 e. The van der Waals surface area contributed by atoms with E-state index in [1.165, 1.54) is 30.7 Å². The van der Waals surface area contributed by atoms with Gasteiger partial charge in [0.25, 0.3) is 5.91 Å². The van der Waals surface area contributed by atoms with Gasteiger partial charge in [-0.1, -0.05) is 36.4 Å². The molecule has 1 aliphatic heterocycles. The zero-order valence-corrected chi connectivity index (χ0v) is 18.5. The van der Waals surface area contributed by atoms with Gasteiger partial charge in [-0.3, -0.25) is 9.69 Å². The Morgan fingerprint density at radius 1 is 1.06 bits per heavy atom. The van der Waals surface area contributed by atoms with Gasteiger partial charge in [0.15, 0.2) is 6.10 Å². The number of sulfonamides is 1. The lowest BCUT2D eigenvalue weighted by molar-refractivity contribution is -0.141. The van der Waals surface area contributed by atoms with E-state index in [1.54, 1.807) is 11.8 Å². The third-order valence-electron chi connectivity index (χ3n) is 5.29. The number of aryl methyl sites for hydroxylation is 1. The predicted molar refractivity (Wildman–Crippen MR) is 116 cm³/mol. The van der Waals surface area contributed by atoms with E-state index in [9.17, 15) is 18.0 Å². The van der Waals surface area contributed by atoms with E-state index in [-0.39, 0.29) is 16.4 Å². The van der Waals surface area contributed by atoms with Crippen LogP contribution in [-0.2, 0) is 26.1 Å². The van der Waals surface area contributed by atoms with Gasteiger partial charge in [0.2, 0.25) is 10.0 Å². The van der Waals surface area contributed by atoms with Crippen molar-refractivity contribution in [2.45, 2.75) is 31.4 Å². The molecule has 3 rings (SSSR count). The van der Waals surface area contributed by atoms with Crippen LogP contribution in [0, 0.1) is 6.92 Å². The number of carbonyl (C=O) groups excluding carboxylic acids is 2. The SMILES string of the molecule is Cc1ccc(C(=O)OC(C)C(=O)N2CCN(Cc3ccccc3)CC2)cc1S(N)(=O)=O. The highest BCUT2D eigenvalue weighted by Gasteiger charge is 2.28. The van der Waals surface area contributed by atoms with Crippen molar-refractivity contribution >= 4 is 21.9 Å². The number of piperazine rings is 1. The molecule has 0 aromatic heterocycles. The lowest BCUT2D eigenvalue weighted by Gasteiger charge is -2.35. The third kappa shape index (κ3) is 5.90. The van der Waals surface area contributed by atoms with E-state index >= 15 is 0 Å². The molecule has 1 saturated heterocycles. The van der Waals surface area contributed by atoms with Crippen molar-refractivity contribution in [1.29, 1.82) is 0 Å². The Bertz CT molecular complexity index is 1050. The average Bonchev–Trinajstić information content (AvgIpc) is 2.74. The predicted octanol–water partition coefficient (Wildman–Crippen LogP) is 1.53. The molecule has 8 nitrogen and oxygen atoms in total. The van der Waals surface area contributed by atoms with Crippen LogP contribution in [0.2, 0.25) is 0 Å². The number of carbonyl (C=O) groups is 2. The first-order chi connectivity index (χ1) is 14.6. The number of hydrogen-bond acceptors (Lipinski definition) is 6. The molecule has 0 bridgehead atoms. The first kappa shape index (κ1) is 22.9. The average molecular weight is 446 g/mol. The minimum atomic E-state index is -3.97. The van der Waals surface area contributed by atoms with Crippen LogP contribution in [0.3, 0.4) is 0 Å². The third-order valence-corrected chi connectivity index (χ3v) is 6.35. The number of nitrogens with two attached hydrogens (primary N) is 1. The van der Waals surface area contributed by atoms with Crippen LogP contribution < -0.4 is 5.14 Å². The zero-order valence-electron chi connectivity index (χ0n) is 17.7. The highest BCUT2D eigenvalue weighted by molar-refractivity contribution is 7.89. The van der Waals surface area contributed by atoms with Crippen LogP contribution in [0.15, 0.2) is 53.4 Å². The van der Waals surface area contributed by atoms with Crippen LogP contribution >= 0.6 is 0 Å². The van der Waals surface area contributed by atoms with E-state index in [0.29, 0.717) is 18.7 Å². The van der Waals surface area contributed by atoms with Gasteiger partial charge in [-0.15, -0.1) is 0 Å². The maximum Gasteiger partial charge on any atom is 0.338 e. The van der Waals surface area contributed by atoms with Crippen molar-refractivity contribution in [1.82, 2.24) is 9.80 Å². The van der Waals surface area contributed by atoms with E-state index in [4.69, 9.17) is 9.88 Å². The fourth-order valence-electron chi connectivity index (χ4n) is 3.54. The van der Waals surface area contributed by atoms with Gasteiger partial charge in [-0.2, -0.15) is 0 Å². The van der Waals surface area contributed by atoms with Crippen LogP contribution in [0.1, 0.15) is 28.4 Å². The summed E-state index contributed by atoms with van der Waals surface area (Å²) < 4.78 is 28.6. The van der Waals surface area contributed by atoms with E-state index in [1.807, 2.05) is 18.2 Å². The van der Waals surface area contributed by atoms with Crippen molar-refractivity contribution in [2.24, 2.45) is 5.14 Å². The number of ether oxygens (including phenoxy) is 1. The normalized spacial score (nSPS) is 16.0. The summed E-state index contributed by atoms with van der Waals surface area (Å²) in [7, 11) is -3.97. The van der Waals surface area contributed by atoms with Gasteiger partial charge >= 0.3 is 5.97 Å². The van der Waals surface area contributed by atoms with E-state index < -0.39 is 22.1 Å². The molecular weight excluding hydrogens is 418 g/mol. The molecule has 0 aliphatic carbocycles. The summed E-state index contributed by atoms with van der Waals surface area (Å²) in [4.78, 5) is 29.0. The Labute approximate surface area is 182 Å². The van der Waals surface area contributed by atoms with Gasteiger partial charge in [0.1, 0.15) is 0 Å². The Hall–Kier alpha value is -2.75. The number of esters is 1. The Kier molecular flexibility index (Phi) is 7.09. The van der Waals surface area contributed by atoms with Gasteiger partial charge in [0, 0.05) is 32.7 Å². The molecule has 1 fully saturated rings. The topological polar surface area (TPSA) is 110 Å². The molecule has 9 heteroatoms. The molecule has 2 aromatic rings. The second-order valence-electron chi connectivity index (χ2n) is 7.66. The monoisotopic (exact) mass is 445 g/mol. The molecule has 2 aromatic carbocycles. The van der Waals surface area contributed by atoms with Gasteiger partial charge in [-0.25, -0.2) is 18.4 Å². The molecule has 2 N–H and O–H groups in total. The van der Waals surface area contributed by atoms with Crippen molar-refractivity contribution in [3.05, 3.63) is 65.2 Å². The fraction of sp³-hybridized carbons (Fsp3) is 0.364. The summed E-state index contributed by atoms with van der Waals surface area (Å²) in [5.41, 5.74) is 1.68. The van der Waals surface area contributed by atoms with Gasteiger partial charge in [0.05, 0.1) is 10.5 Å². The number of benzene rings is 2. The minimum absolute atomic E-state index is 0.0296. The van der Waals surface area contributed by atoms with Crippen molar-refractivity contribution in [3.8, 4) is 0 Å². The molecule has 166 valence electrons. The van der Waals surface area contributed by atoms with Crippen molar-refractivity contribution < 1.29 is 22.7 Å². The molecule has 0 saturated carbocycles. The number of primary sulfonamides is 1. The summed E-state index contributed by atoms with van der Waals surface area (Å²) in [6, 6.07) is 14.2. The van der Waals surface area contributed by atoms with Gasteiger partial charge in [-0.05, 0) is 37.1 Å². The van der Waals surface area contributed by atoms with Crippen LogP contribution in [0.5, 0.6) is 0 Å². The number of amides is 1. The first-order valence-electron chi connectivity index (χ1n) is 10.0. The Balaban J connectivity index is 1.56. The van der Waals surface area contributed by atoms with E-state index in [2.05, 4.69) is 17.0 Å². The highest BCUT2D eigenvalue weighted by Crippen LogP contribution is 2.17. The lowest BCUT2D eigenvalue weighted by atomic mass is 10.1. The second-order valence-corrected chi connectivity index (χ2v) is 9.19. The molecule has 0 radical (unpaired) electrons. The summed E-state index contributed by atoms with van der Waals surface area (Å²) in [5, 5.41) is 5.19. The number of hydrogen-bond donors (Lipinski definition) is 1. The summed E-state index contributed by atoms with van der Waals surface area (Å²) in [6.07, 6.45) is -0.979. The van der Waals surface area contributed by atoms with Crippen LogP contribution in [0.4, 0.5) is 0 Å².